The molecule has 0 amide bonds. The van der Waals surface area contributed by atoms with Gasteiger partial charge in [0.15, 0.2) is 0 Å². The average Bonchev–Trinajstić information content (AvgIpc) is 2.38. The van der Waals surface area contributed by atoms with Gasteiger partial charge < -0.3 is 4.74 Å². The number of hydrogen-bond donors (Lipinski definition) is 0. The smallest absolute Gasteiger partial charge is 0.118 e. The fourth-order valence-corrected chi connectivity index (χ4v) is 2.88. The minimum absolute atomic E-state index is 0.226. The Hall–Kier alpha value is -1.28. The van der Waals surface area contributed by atoms with E-state index in [2.05, 4.69) is 60.1 Å². The Balaban J connectivity index is 2.31. The molecule has 0 aliphatic carbocycles. The molecule has 0 saturated carbocycles. The molecule has 0 fully saturated rings. The Morgan fingerprint density at radius 3 is 2.22 bits per heavy atom. The Morgan fingerprint density at radius 2 is 1.67 bits per heavy atom. The first-order valence-electron chi connectivity index (χ1n) is 5.97. The van der Waals surface area contributed by atoms with E-state index in [1.807, 2.05) is 12.1 Å². The summed E-state index contributed by atoms with van der Waals surface area (Å²) in [6.45, 7) is 4.27. The van der Waals surface area contributed by atoms with E-state index < -0.39 is 0 Å². The van der Waals surface area contributed by atoms with E-state index in [0.717, 1.165) is 5.75 Å². The second kappa shape index (κ2) is 5.57. The van der Waals surface area contributed by atoms with E-state index in [-0.39, 0.29) is 4.83 Å². The molecule has 0 aliphatic heterocycles. The Kier molecular flexibility index (Phi) is 4.07. The number of hydrogen-bond acceptors (Lipinski definition) is 1. The van der Waals surface area contributed by atoms with E-state index in [1.165, 1.54) is 22.3 Å². The first kappa shape index (κ1) is 13.2. The number of methoxy groups -OCH3 is 1. The molecule has 2 aromatic rings. The van der Waals surface area contributed by atoms with Gasteiger partial charge in [0.2, 0.25) is 0 Å². The minimum Gasteiger partial charge on any atom is -0.497 e. The van der Waals surface area contributed by atoms with Crippen molar-refractivity contribution >= 4 is 15.9 Å². The van der Waals surface area contributed by atoms with E-state index in [0.29, 0.717) is 0 Å². The molecule has 1 atom stereocenters. The summed E-state index contributed by atoms with van der Waals surface area (Å²) in [4.78, 5) is 0.226. The summed E-state index contributed by atoms with van der Waals surface area (Å²) in [6, 6.07) is 14.7. The van der Waals surface area contributed by atoms with Crippen LogP contribution in [0.25, 0.3) is 0 Å². The molecule has 1 unspecified atom stereocenters. The summed E-state index contributed by atoms with van der Waals surface area (Å²) in [5.41, 5.74) is 5.16. The monoisotopic (exact) mass is 304 g/mol. The Labute approximate surface area is 117 Å². The van der Waals surface area contributed by atoms with Gasteiger partial charge in [0.05, 0.1) is 11.9 Å². The fraction of sp³-hybridized carbons (Fsp3) is 0.250. The second-order valence-corrected chi connectivity index (χ2v) is 5.41. The van der Waals surface area contributed by atoms with E-state index >= 15 is 0 Å². The summed E-state index contributed by atoms with van der Waals surface area (Å²) in [7, 11) is 1.69. The number of ether oxygens (including phenoxy) is 1. The fourth-order valence-electron chi connectivity index (χ4n) is 2.06. The number of benzene rings is 2. The maximum Gasteiger partial charge on any atom is 0.118 e. The van der Waals surface area contributed by atoms with Crippen LogP contribution in [0.5, 0.6) is 5.75 Å². The number of rotatable bonds is 3. The lowest BCUT2D eigenvalue weighted by atomic mass is 9.99. The summed E-state index contributed by atoms with van der Waals surface area (Å²) in [6.07, 6.45) is 0. The molecule has 18 heavy (non-hydrogen) atoms. The quantitative estimate of drug-likeness (QED) is 0.740. The highest BCUT2D eigenvalue weighted by atomic mass is 79.9. The van der Waals surface area contributed by atoms with Crippen molar-refractivity contribution in [2.24, 2.45) is 0 Å². The normalized spacial score (nSPS) is 12.2. The third-order valence-corrected chi connectivity index (χ3v) is 4.13. The molecule has 0 heterocycles. The zero-order valence-corrected chi connectivity index (χ0v) is 12.5. The Bertz CT molecular complexity index is 531. The number of aryl methyl sites for hydroxylation is 2. The molecule has 0 radical (unpaired) electrons. The average molecular weight is 305 g/mol. The van der Waals surface area contributed by atoms with Gasteiger partial charge in [-0.15, -0.1) is 0 Å². The Morgan fingerprint density at radius 1 is 1.00 bits per heavy atom. The molecule has 0 N–H and O–H groups in total. The molecular weight excluding hydrogens is 288 g/mol. The second-order valence-electron chi connectivity index (χ2n) is 4.50. The highest BCUT2D eigenvalue weighted by Gasteiger charge is 2.12. The van der Waals surface area contributed by atoms with Gasteiger partial charge in [0, 0.05) is 0 Å². The van der Waals surface area contributed by atoms with Crippen molar-refractivity contribution in [3.05, 3.63) is 64.7 Å². The van der Waals surface area contributed by atoms with Crippen LogP contribution in [-0.2, 0) is 0 Å². The van der Waals surface area contributed by atoms with Crippen LogP contribution in [0, 0.1) is 13.8 Å². The zero-order chi connectivity index (χ0) is 13.1. The molecule has 0 aromatic heterocycles. The molecule has 0 aliphatic rings. The van der Waals surface area contributed by atoms with Gasteiger partial charge >= 0.3 is 0 Å². The van der Waals surface area contributed by atoms with Crippen LogP contribution < -0.4 is 4.74 Å². The first-order chi connectivity index (χ1) is 8.61. The summed E-state index contributed by atoms with van der Waals surface area (Å²) in [5, 5.41) is 0. The predicted molar refractivity (Wildman–Crippen MR) is 79.7 cm³/mol. The largest absolute Gasteiger partial charge is 0.497 e. The highest BCUT2D eigenvalue weighted by molar-refractivity contribution is 9.09. The molecule has 2 heteroatoms. The molecule has 2 aromatic carbocycles. The standard InChI is InChI=1S/C16H17BrO/c1-11-4-9-15(12(2)10-11)16(17)13-5-7-14(18-3)8-6-13/h4-10,16H,1-3H3. The molecule has 0 spiro atoms. The third kappa shape index (κ3) is 2.75. The molecule has 2 rings (SSSR count). The van der Waals surface area contributed by atoms with Crippen molar-refractivity contribution in [2.45, 2.75) is 18.7 Å². The van der Waals surface area contributed by atoms with Crippen molar-refractivity contribution in [1.82, 2.24) is 0 Å². The van der Waals surface area contributed by atoms with Crippen LogP contribution in [-0.4, -0.2) is 7.11 Å². The van der Waals surface area contributed by atoms with Crippen molar-refractivity contribution in [3.8, 4) is 5.75 Å². The van der Waals surface area contributed by atoms with Crippen LogP contribution in [0.15, 0.2) is 42.5 Å². The van der Waals surface area contributed by atoms with Crippen molar-refractivity contribution in [2.75, 3.05) is 7.11 Å². The van der Waals surface area contributed by atoms with Crippen LogP contribution >= 0.6 is 15.9 Å². The van der Waals surface area contributed by atoms with E-state index in [4.69, 9.17) is 4.74 Å². The molecular formula is C16H17BrO. The lowest BCUT2D eigenvalue weighted by Gasteiger charge is -2.14. The third-order valence-electron chi connectivity index (χ3n) is 3.11. The van der Waals surface area contributed by atoms with Gasteiger partial charge in [0.1, 0.15) is 5.75 Å². The SMILES string of the molecule is COc1ccc(C(Br)c2ccc(C)cc2C)cc1. The number of halogens is 1. The van der Waals surface area contributed by atoms with Crippen LogP contribution in [0.3, 0.4) is 0 Å². The summed E-state index contributed by atoms with van der Waals surface area (Å²) < 4.78 is 5.18. The van der Waals surface area contributed by atoms with Gasteiger partial charge in [-0.1, -0.05) is 51.8 Å². The topological polar surface area (TPSA) is 9.23 Å². The number of alkyl halides is 1. The van der Waals surface area contributed by atoms with Crippen LogP contribution in [0.4, 0.5) is 0 Å². The van der Waals surface area contributed by atoms with Gasteiger partial charge in [0.25, 0.3) is 0 Å². The highest BCUT2D eigenvalue weighted by Crippen LogP contribution is 2.33. The van der Waals surface area contributed by atoms with Crippen molar-refractivity contribution in [1.29, 1.82) is 0 Å². The van der Waals surface area contributed by atoms with Crippen LogP contribution in [0.1, 0.15) is 27.1 Å². The predicted octanol–water partition coefficient (Wildman–Crippen LogP) is 4.80. The summed E-state index contributed by atoms with van der Waals surface area (Å²) >= 11 is 3.78. The minimum atomic E-state index is 0.226. The molecule has 94 valence electrons. The first-order valence-corrected chi connectivity index (χ1v) is 6.88. The van der Waals surface area contributed by atoms with E-state index in [1.54, 1.807) is 7.11 Å². The van der Waals surface area contributed by atoms with Crippen LogP contribution in [0.2, 0.25) is 0 Å². The van der Waals surface area contributed by atoms with Gasteiger partial charge in [-0.25, -0.2) is 0 Å². The molecule has 0 saturated heterocycles. The maximum atomic E-state index is 5.18. The van der Waals surface area contributed by atoms with E-state index in [9.17, 15) is 0 Å². The van der Waals surface area contributed by atoms with Crippen molar-refractivity contribution in [3.63, 3.8) is 0 Å². The molecule has 0 bridgehead atoms. The van der Waals surface area contributed by atoms with Gasteiger partial charge in [-0.2, -0.15) is 0 Å². The molecule has 1 nitrogen and oxygen atoms in total. The van der Waals surface area contributed by atoms with Crippen molar-refractivity contribution < 1.29 is 4.74 Å². The summed E-state index contributed by atoms with van der Waals surface area (Å²) in [5.74, 6) is 0.888. The van der Waals surface area contributed by atoms with Gasteiger partial charge in [-0.3, -0.25) is 0 Å². The maximum absolute atomic E-state index is 5.18. The zero-order valence-electron chi connectivity index (χ0n) is 10.9. The lowest BCUT2D eigenvalue weighted by Crippen LogP contribution is -1.96. The van der Waals surface area contributed by atoms with Gasteiger partial charge in [-0.05, 0) is 42.7 Å². The lowest BCUT2D eigenvalue weighted by molar-refractivity contribution is 0.414.